The van der Waals surface area contributed by atoms with E-state index in [1.54, 1.807) is 29.6 Å². The van der Waals surface area contributed by atoms with Crippen LogP contribution in [0.5, 0.6) is 5.75 Å². The predicted molar refractivity (Wildman–Crippen MR) is 122 cm³/mol. The van der Waals surface area contributed by atoms with Crippen LogP contribution in [-0.2, 0) is 10.0 Å². The van der Waals surface area contributed by atoms with Crippen molar-refractivity contribution in [1.82, 2.24) is 4.68 Å². The molecule has 2 aliphatic rings. The molecule has 0 spiro atoms. The Hall–Kier alpha value is -2.85. The van der Waals surface area contributed by atoms with Crippen molar-refractivity contribution in [3.63, 3.8) is 0 Å². The van der Waals surface area contributed by atoms with E-state index in [1.165, 1.54) is 28.5 Å². The van der Waals surface area contributed by atoms with Crippen LogP contribution in [0.2, 0.25) is 0 Å². The normalized spacial score (nSPS) is 22.4. The van der Waals surface area contributed by atoms with Crippen molar-refractivity contribution in [3.8, 4) is 5.75 Å². The Kier molecular flexibility index (Phi) is 4.78. The highest BCUT2D eigenvalue weighted by Crippen LogP contribution is 2.34. The van der Waals surface area contributed by atoms with Gasteiger partial charge in [-0.1, -0.05) is 31.9 Å². The standard InChI is InChI=1S/C21H22N4O4S2/c1-12-5-4-6-13(11-12)23-25-15-9-10-30-19(15)18(26)17(21(25)27)20-22-14-7-2-3-8-16(14)31(28,29)24-20/h2-3,7-10,12-13,23,26H,4-6,11H2,1H3,(H,22,24)/t12-,13?/m1/s1. The molecule has 5 rings (SSSR count). The number of pyridine rings is 1. The number of amidine groups is 1. The first-order chi connectivity index (χ1) is 14.8. The van der Waals surface area contributed by atoms with Gasteiger partial charge in [0.1, 0.15) is 10.5 Å². The van der Waals surface area contributed by atoms with Crippen molar-refractivity contribution in [2.45, 2.75) is 43.5 Å². The zero-order valence-corrected chi connectivity index (χ0v) is 18.5. The van der Waals surface area contributed by atoms with Crippen LogP contribution >= 0.6 is 11.3 Å². The van der Waals surface area contributed by atoms with Gasteiger partial charge in [-0.25, -0.2) is 4.68 Å². The molecule has 1 unspecified atom stereocenters. The third kappa shape index (κ3) is 3.39. The summed E-state index contributed by atoms with van der Waals surface area (Å²) in [6.45, 7) is 2.20. The van der Waals surface area contributed by atoms with Crippen molar-refractivity contribution >= 4 is 43.1 Å². The van der Waals surface area contributed by atoms with Gasteiger partial charge in [0.15, 0.2) is 11.6 Å². The molecule has 2 aromatic heterocycles. The van der Waals surface area contributed by atoms with E-state index in [9.17, 15) is 18.3 Å². The third-order valence-electron chi connectivity index (χ3n) is 5.87. The summed E-state index contributed by atoms with van der Waals surface area (Å²) >= 11 is 1.28. The number of sulfonamides is 1. The number of thiophene rings is 1. The number of hydrogen-bond acceptors (Lipinski definition) is 7. The maximum Gasteiger partial charge on any atom is 0.286 e. The quantitative estimate of drug-likeness (QED) is 0.554. The number of aromatic nitrogens is 1. The average Bonchev–Trinajstić information content (AvgIpc) is 3.21. The molecular formula is C21H22N4O4S2. The Morgan fingerprint density at radius 3 is 2.87 bits per heavy atom. The van der Waals surface area contributed by atoms with Crippen LogP contribution < -0.4 is 16.3 Å². The highest BCUT2D eigenvalue weighted by Gasteiger charge is 2.30. The molecule has 1 fully saturated rings. The van der Waals surface area contributed by atoms with Crippen LogP contribution in [0, 0.1) is 5.92 Å². The Bertz CT molecular complexity index is 1370. The van der Waals surface area contributed by atoms with Crippen LogP contribution in [0.4, 0.5) is 5.69 Å². The van der Waals surface area contributed by atoms with Crippen LogP contribution in [0.15, 0.2) is 49.8 Å². The number of hydrogen-bond donors (Lipinski definition) is 3. The van der Waals surface area contributed by atoms with Gasteiger partial charge in [0.05, 0.1) is 15.9 Å². The molecule has 1 aliphatic carbocycles. The zero-order chi connectivity index (χ0) is 21.8. The van der Waals surface area contributed by atoms with Gasteiger partial charge in [0.25, 0.3) is 15.6 Å². The lowest BCUT2D eigenvalue weighted by atomic mass is 9.87. The molecule has 0 saturated heterocycles. The van der Waals surface area contributed by atoms with E-state index >= 15 is 0 Å². The summed E-state index contributed by atoms with van der Waals surface area (Å²) in [6.07, 6.45) is 4.13. The minimum atomic E-state index is -4.01. The minimum absolute atomic E-state index is 0.0325. The lowest BCUT2D eigenvalue weighted by Crippen LogP contribution is -2.41. The monoisotopic (exact) mass is 458 g/mol. The van der Waals surface area contributed by atoms with Gasteiger partial charge >= 0.3 is 0 Å². The predicted octanol–water partition coefficient (Wildman–Crippen LogP) is 3.45. The van der Waals surface area contributed by atoms with Crippen molar-refractivity contribution in [2.75, 3.05) is 10.7 Å². The molecule has 0 amide bonds. The minimum Gasteiger partial charge on any atom is -0.505 e. The van der Waals surface area contributed by atoms with E-state index in [0.717, 1.165) is 19.3 Å². The Morgan fingerprint density at radius 2 is 2.06 bits per heavy atom. The second-order valence-electron chi connectivity index (χ2n) is 8.13. The van der Waals surface area contributed by atoms with Gasteiger partial charge in [0.2, 0.25) is 0 Å². The fourth-order valence-electron chi connectivity index (χ4n) is 4.39. The molecule has 162 valence electrons. The number of benzene rings is 1. The number of rotatable bonds is 3. The molecule has 3 heterocycles. The van der Waals surface area contributed by atoms with E-state index in [4.69, 9.17) is 0 Å². The molecule has 8 nitrogen and oxygen atoms in total. The molecule has 0 radical (unpaired) electrons. The first-order valence-corrected chi connectivity index (χ1v) is 12.5. The molecule has 3 aromatic rings. The van der Waals surface area contributed by atoms with Crippen molar-refractivity contribution < 1.29 is 13.5 Å². The van der Waals surface area contributed by atoms with Gasteiger partial charge in [0, 0.05) is 6.04 Å². The second kappa shape index (κ2) is 7.38. The smallest absolute Gasteiger partial charge is 0.286 e. The molecule has 1 aliphatic heterocycles. The summed E-state index contributed by atoms with van der Waals surface area (Å²) in [5.41, 5.74) is 3.50. The number of aromatic hydroxyl groups is 1. The number of anilines is 1. The summed E-state index contributed by atoms with van der Waals surface area (Å²) in [7, 11) is -4.01. The largest absolute Gasteiger partial charge is 0.505 e. The number of nitrogens with zero attached hydrogens (tertiary/aromatic N) is 2. The number of fused-ring (bicyclic) bond motifs is 2. The van der Waals surface area contributed by atoms with E-state index in [2.05, 4.69) is 22.1 Å². The Morgan fingerprint density at radius 1 is 1.26 bits per heavy atom. The maximum atomic E-state index is 13.5. The van der Waals surface area contributed by atoms with Gasteiger partial charge in [-0.15, -0.1) is 15.7 Å². The van der Waals surface area contributed by atoms with Gasteiger partial charge in [-0.05, 0) is 42.3 Å². The summed E-state index contributed by atoms with van der Waals surface area (Å²) in [5.74, 6) is 0.109. The second-order valence-corrected chi connectivity index (χ2v) is 10.6. The van der Waals surface area contributed by atoms with Gasteiger partial charge in [-0.2, -0.15) is 8.42 Å². The zero-order valence-electron chi connectivity index (χ0n) is 16.8. The Labute approximate surface area is 183 Å². The lowest BCUT2D eigenvalue weighted by Gasteiger charge is -2.29. The van der Waals surface area contributed by atoms with E-state index in [0.29, 0.717) is 21.8 Å². The van der Waals surface area contributed by atoms with Crippen molar-refractivity contribution in [2.24, 2.45) is 10.3 Å². The first kappa shape index (κ1) is 20.1. The Balaban J connectivity index is 1.67. The molecule has 1 saturated carbocycles. The SMILES string of the molecule is C[C@@H]1CCCC(Nn2c(=O)c(C3=NS(=O)(=O)c4ccccc4N3)c(O)c3sccc32)C1. The topological polar surface area (TPSA) is 113 Å². The third-order valence-corrected chi connectivity index (χ3v) is 8.11. The number of nitrogens with one attached hydrogen (secondary N) is 2. The van der Waals surface area contributed by atoms with Crippen molar-refractivity contribution in [1.29, 1.82) is 0 Å². The van der Waals surface area contributed by atoms with Crippen LogP contribution in [0.3, 0.4) is 0 Å². The van der Waals surface area contributed by atoms with Crippen LogP contribution in [0.25, 0.3) is 10.2 Å². The molecule has 31 heavy (non-hydrogen) atoms. The highest BCUT2D eigenvalue weighted by atomic mass is 32.2. The van der Waals surface area contributed by atoms with Gasteiger partial charge in [-0.3, -0.25) is 4.79 Å². The van der Waals surface area contributed by atoms with E-state index in [1.807, 2.05) is 0 Å². The van der Waals surface area contributed by atoms with Crippen molar-refractivity contribution in [3.05, 3.63) is 51.6 Å². The summed E-state index contributed by atoms with van der Waals surface area (Å²) in [4.78, 5) is 13.5. The summed E-state index contributed by atoms with van der Waals surface area (Å²) in [5, 5.41) is 15.6. The highest BCUT2D eigenvalue weighted by molar-refractivity contribution is 7.90. The van der Waals surface area contributed by atoms with E-state index < -0.39 is 15.6 Å². The molecule has 0 bridgehead atoms. The fraction of sp³-hybridized carbons (Fsp3) is 0.333. The van der Waals surface area contributed by atoms with Crippen LogP contribution in [-0.4, -0.2) is 30.1 Å². The van der Waals surface area contributed by atoms with E-state index in [-0.39, 0.29) is 28.1 Å². The van der Waals surface area contributed by atoms with Gasteiger partial charge < -0.3 is 15.8 Å². The molecule has 3 N–H and O–H groups in total. The summed E-state index contributed by atoms with van der Waals surface area (Å²) < 4.78 is 31.1. The lowest BCUT2D eigenvalue weighted by molar-refractivity contribution is 0.345. The van der Waals surface area contributed by atoms with Crippen LogP contribution in [0.1, 0.15) is 38.2 Å². The molecular weight excluding hydrogens is 436 g/mol. The maximum absolute atomic E-state index is 13.5. The summed E-state index contributed by atoms with van der Waals surface area (Å²) in [6, 6.07) is 8.23. The number of para-hydroxylation sites is 1. The molecule has 2 atom stereocenters. The first-order valence-electron chi connectivity index (χ1n) is 10.2. The molecule has 10 heteroatoms. The fourth-order valence-corrected chi connectivity index (χ4v) is 6.34. The average molecular weight is 459 g/mol. The molecule has 1 aromatic carbocycles.